The van der Waals surface area contributed by atoms with E-state index in [-0.39, 0.29) is 6.04 Å². The van der Waals surface area contributed by atoms with E-state index in [1.54, 1.807) is 0 Å². The Balaban J connectivity index is 3.82. The molecule has 0 spiro atoms. The molecular weight excluding hydrogens is 126 g/mol. The third-order valence-corrected chi connectivity index (χ3v) is 1.81. The van der Waals surface area contributed by atoms with Crippen LogP contribution < -0.4 is 17.2 Å². The van der Waals surface area contributed by atoms with Gasteiger partial charge in [0, 0.05) is 6.04 Å². The lowest BCUT2D eigenvalue weighted by molar-refractivity contribution is 0.321. The van der Waals surface area contributed by atoms with Crippen molar-refractivity contribution in [2.24, 2.45) is 17.2 Å². The summed E-state index contributed by atoms with van der Waals surface area (Å²) < 4.78 is 0. The first-order valence-electron chi connectivity index (χ1n) is 3.88. The Morgan fingerprint density at radius 2 is 1.80 bits per heavy atom. The molecule has 1 unspecified atom stereocenters. The zero-order chi connectivity index (χ0) is 8.20. The molecule has 0 bridgehead atoms. The maximum absolute atomic E-state index is 5.73. The van der Waals surface area contributed by atoms with Crippen molar-refractivity contribution in [2.75, 3.05) is 0 Å². The Hall–Kier alpha value is -0.120. The second-order valence-corrected chi connectivity index (χ2v) is 2.88. The molecule has 0 aromatic carbocycles. The highest BCUT2D eigenvalue weighted by molar-refractivity contribution is 4.86. The molecule has 1 atom stereocenters. The predicted molar refractivity (Wildman–Crippen MR) is 44.3 cm³/mol. The Morgan fingerprint density at radius 1 is 1.30 bits per heavy atom. The fourth-order valence-electron chi connectivity index (χ4n) is 0.998. The van der Waals surface area contributed by atoms with Crippen LogP contribution in [0, 0.1) is 0 Å². The van der Waals surface area contributed by atoms with Crippen LogP contribution in [0.3, 0.4) is 0 Å². The first-order chi connectivity index (χ1) is 4.54. The lowest BCUT2D eigenvalue weighted by Gasteiger charge is -2.30. The first-order valence-corrected chi connectivity index (χ1v) is 3.88. The van der Waals surface area contributed by atoms with Gasteiger partial charge in [-0.2, -0.15) is 0 Å². The fourth-order valence-corrected chi connectivity index (χ4v) is 0.998. The van der Waals surface area contributed by atoms with Crippen LogP contribution >= 0.6 is 0 Å². The summed E-state index contributed by atoms with van der Waals surface area (Å²) in [4.78, 5) is 0. The van der Waals surface area contributed by atoms with Crippen molar-refractivity contribution in [3.05, 3.63) is 0 Å². The van der Waals surface area contributed by atoms with E-state index >= 15 is 0 Å². The normalized spacial score (nSPS) is 15.3. The van der Waals surface area contributed by atoms with Gasteiger partial charge >= 0.3 is 0 Å². The molecule has 0 aliphatic heterocycles. The maximum Gasteiger partial charge on any atom is 0.0792 e. The van der Waals surface area contributed by atoms with Gasteiger partial charge in [-0.1, -0.05) is 20.3 Å². The zero-order valence-corrected chi connectivity index (χ0v) is 6.93. The molecule has 10 heavy (non-hydrogen) atoms. The highest BCUT2D eigenvalue weighted by Gasteiger charge is 2.24. The summed E-state index contributed by atoms with van der Waals surface area (Å²) in [5.74, 6) is 0. The van der Waals surface area contributed by atoms with Crippen molar-refractivity contribution in [3.63, 3.8) is 0 Å². The van der Waals surface area contributed by atoms with Crippen LogP contribution in [-0.4, -0.2) is 11.7 Å². The van der Waals surface area contributed by atoms with Crippen molar-refractivity contribution in [1.29, 1.82) is 0 Å². The van der Waals surface area contributed by atoms with E-state index in [1.165, 1.54) is 0 Å². The van der Waals surface area contributed by atoms with E-state index in [2.05, 4.69) is 6.92 Å². The molecule has 0 saturated heterocycles. The molecule has 0 aliphatic carbocycles. The van der Waals surface area contributed by atoms with Crippen LogP contribution in [0.4, 0.5) is 0 Å². The molecule has 0 amide bonds. The van der Waals surface area contributed by atoms with Gasteiger partial charge in [-0.25, -0.2) is 0 Å². The van der Waals surface area contributed by atoms with Gasteiger partial charge in [-0.05, 0) is 12.8 Å². The molecule has 6 N–H and O–H groups in total. The van der Waals surface area contributed by atoms with E-state index in [0.29, 0.717) is 0 Å². The number of nitrogens with two attached hydrogens (primary N) is 3. The highest BCUT2D eigenvalue weighted by atomic mass is 15.0. The quantitative estimate of drug-likeness (QED) is 0.492. The van der Waals surface area contributed by atoms with E-state index < -0.39 is 5.66 Å². The molecule has 0 aliphatic rings. The molecule has 62 valence electrons. The Labute approximate surface area is 62.9 Å². The lowest BCUT2D eigenvalue weighted by Crippen LogP contribution is -2.61. The Morgan fingerprint density at radius 3 is 2.10 bits per heavy atom. The van der Waals surface area contributed by atoms with Crippen LogP contribution in [-0.2, 0) is 0 Å². The van der Waals surface area contributed by atoms with Crippen molar-refractivity contribution >= 4 is 0 Å². The van der Waals surface area contributed by atoms with Crippen LogP contribution in [0.25, 0.3) is 0 Å². The molecule has 0 fully saturated rings. The summed E-state index contributed by atoms with van der Waals surface area (Å²) in [5.41, 5.74) is 16.5. The van der Waals surface area contributed by atoms with Crippen molar-refractivity contribution < 1.29 is 0 Å². The van der Waals surface area contributed by atoms with Crippen molar-refractivity contribution in [2.45, 2.75) is 44.8 Å². The minimum atomic E-state index is -0.663. The largest absolute Gasteiger partial charge is 0.325 e. The predicted octanol–water partition coefficient (Wildman–Crippen LogP) is 0.138. The number of hydrogen-bond donors (Lipinski definition) is 3. The lowest BCUT2D eigenvalue weighted by atomic mass is 9.96. The SMILES string of the molecule is CCCC(N)(N)C(N)CC. The zero-order valence-electron chi connectivity index (χ0n) is 6.93. The minimum Gasteiger partial charge on any atom is -0.325 e. The summed E-state index contributed by atoms with van der Waals surface area (Å²) in [7, 11) is 0. The van der Waals surface area contributed by atoms with E-state index in [9.17, 15) is 0 Å². The third kappa shape index (κ3) is 2.64. The van der Waals surface area contributed by atoms with E-state index in [1.807, 2.05) is 6.92 Å². The van der Waals surface area contributed by atoms with Crippen molar-refractivity contribution in [1.82, 2.24) is 0 Å². The van der Waals surface area contributed by atoms with Crippen LogP contribution in [0.1, 0.15) is 33.1 Å². The Bertz CT molecular complexity index is 90.9. The summed E-state index contributed by atoms with van der Waals surface area (Å²) in [6, 6.07) is -0.0764. The van der Waals surface area contributed by atoms with E-state index in [4.69, 9.17) is 17.2 Å². The van der Waals surface area contributed by atoms with Crippen molar-refractivity contribution in [3.8, 4) is 0 Å². The summed E-state index contributed by atoms with van der Waals surface area (Å²) in [6.07, 6.45) is 2.62. The molecule has 0 aromatic heterocycles. The second-order valence-electron chi connectivity index (χ2n) is 2.88. The average Bonchev–Trinajstić information content (AvgIpc) is 1.86. The molecule has 0 saturated carbocycles. The van der Waals surface area contributed by atoms with Gasteiger partial charge in [0.25, 0.3) is 0 Å². The number of rotatable bonds is 4. The molecule has 3 nitrogen and oxygen atoms in total. The van der Waals surface area contributed by atoms with Gasteiger partial charge in [0.1, 0.15) is 0 Å². The second kappa shape index (κ2) is 3.91. The van der Waals surface area contributed by atoms with Gasteiger partial charge in [0.05, 0.1) is 5.66 Å². The Kier molecular flexibility index (Phi) is 3.86. The van der Waals surface area contributed by atoms with Crippen LogP contribution in [0.2, 0.25) is 0 Å². The first kappa shape index (κ1) is 9.88. The molecular formula is C7H19N3. The van der Waals surface area contributed by atoms with Crippen LogP contribution in [0.15, 0.2) is 0 Å². The smallest absolute Gasteiger partial charge is 0.0792 e. The van der Waals surface area contributed by atoms with Gasteiger partial charge in [-0.3, -0.25) is 0 Å². The van der Waals surface area contributed by atoms with Gasteiger partial charge in [0.15, 0.2) is 0 Å². The molecule has 3 heteroatoms. The standard InChI is InChI=1S/C7H19N3/c1-3-5-7(9,10)6(8)4-2/h6H,3-5,8-10H2,1-2H3. The summed E-state index contributed by atoms with van der Waals surface area (Å²) >= 11 is 0. The van der Waals surface area contributed by atoms with Gasteiger partial charge < -0.3 is 17.2 Å². The maximum atomic E-state index is 5.73. The molecule has 0 rings (SSSR count). The van der Waals surface area contributed by atoms with Gasteiger partial charge in [0.2, 0.25) is 0 Å². The topological polar surface area (TPSA) is 78.1 Å². The fraction of sp³-hybridized carbons (Fsp3) is 1.00. The van der Waals surface area contributed by atoms with Gasteiger partial charge in [-0.15, -0.1) is 0 Å². The molecule has 0 radical (unpaired) electrons. The number of hydrogen-bond acceptors (Lipinski definition) is 3. The minimum absolute atomic E-state index is 0.0764. The van der Waals surface area contributed by atoms with E-state index in [0.717, 1.165) is 19.3 Å². The summed E-state index contributed by atoms with van der Waals surface area (Å²) in [6.45, 7) is 4.05. The summed E-state index contributed by atoms with van der Waals surface area (Å²) in [5, 5.41) is 0. The third-order valence-electron chi connectivity index (χ3n) is 1.81. The van der Waals surface area contributed by atoms with Crippen LogP contribution in [0.5, 0.6) is 0 Å². The monoisotopic (exact) mass is 145 g/mol. The molecule has 0 aromatic rings. The molecule has 0 heterocycles. The average molecular weight is 145 g/mol. The highest BCUT2D eigenvalue weighted by Crippen LogP contribution is 2.08.